The van der Waals surface area contributed by atoms with E-state index >= 15 is 0 Å². The highest BCUT2D eigenvalue weighted by Gasteiger charge is 2.11. The van der Waals surface area contributed by atoms with E-state index in [0.29, 0.717) is 6.42 Å². The number of carbonyl (C=O) groups excluding carboxylic acids is 1. The molecule has 4 nitrogen and oxygen atoms in total. The smallest absolute Gasteiger partial charge is 0.225 e. The van der Waals surface area contributed by atoms with Gasteiger partial charge in [-0.25, -0.2) is 0 Å². The van der Waals surface area contributed by atoms with Gasteiger partial charge in [0.25, 0.3) is 0 Å². The fourth-order valence-electron chi connectivity index (χ4n) is 3.58. The van der Waals surface area contributed by atoms with Gasteiger partial charge in [-0.2, -0.15) is 0 Å². The van der Waals surface area contributed by atoms with Crippen molar-refractivity contribution in [1.29, 1.82) is 0 Å². The van der Waals surface area contributed by atoms with Crippen molar-refractivity contribution in [2.45, 2.75) is 39.2 Å². The Morgan fingerprint density at radius 1 is 1.00 bits per heavy atom. The molecule has 0 saturated carbocycles. The highest BCUT2D eigenvalue weighted by molar-refractivity contribution is 5.91. The molecule has 3 rings (SSSR count). The molecule has 27 heavy (non-hydrogen) atoms. The van der Waals surface area contributed by atoms with Crippen molar-refractivity contribution in [1.82, 2.24) is 4.90 Å². The van der Waals surface area contributed by atoms with Crippen LogP contribution >= 0.6 is 0 Å². The second kappa shape index (κ2) is 10.1. The summed E-state index contributed by atoms with van der Waals surface area (Å²) in [6.07, 6.45) is 4.39. The number of rotatable bonds is 8. The molecule has 0 bridgehead atoms. The van der Waals surface area contributed by atoms with E-state index in [9.17, 15) is 4.79 Å². The Kier molecular flexibility index (Phi) is 7.28. The lowest BCUT2D eigenvalue weighted by molar-refractivity contribution is -0.116. The van der Waals surface area contributed by atoms with Crippen LogP contribution in [-0.4, -0.2) is 37.0 Å². The lowest BCUT2D eigenvalue weighted by atomic mass is 10.1. The summed E-state index contributed by atoms with van der Waals surface area (Å²) in [6.45, 7) is 7.01. The van der Waals surface area contributed by atoms with Crippen LogP contribution in [0, 0.1) is 0 Å². The third kappa shape index (κ3) is 6.10. The Morgan fingerprint density at radius 3 is 2.37 bits per heavy atom. The molecule has 1 aliphatic rings. The largest absolute Gasteiger partial charge is 0.372 e. The number of piperidine rings is 1. The second-order valence-electron chi connectivity index (χ2n) is 7.25. The zero-order valence-corrected chi connectivity index (χ0v) is 16.4. The molecule has 1 fully saturated rings. The van der Waals surface area contributed by atoms with E-state index in [-0.39, 0.29) is 5.91 Å². The third-order valence-electron chi connectivity index (χ3n) is 5.22. The normalized spacial score (nSPS) is 14.4. The molecule has 1 heterocycles. The van der Waals surface area contributed by atoms with Crippen LogP contribution < -0.4 is 10.2 Å². The van der Waals surface area contributed by atoms with Gasteiger partial charge in [0.05, 0.1) is 0 Å². The molecule has 0 atom stereocenters. The number of hydrogen-bond acceptors (Lipinski definition) is 3. The summed E-state index contributed by atoms with van der Waals surface area (Å²) < 4.78 is 0. The average Bonchev–Trinajstić information content (AvgIpc) is 2.73. The molecule has 2 aromatic rings. The lowest BCUT2D eigenvalue weighted by Crippen LogP contribution is -2.29. The summed E-state index contributed by atoms with van der Waals surface area (Å²) in [6, 6.07) is 18.7. The minimum absolute atomic E-state index is 0.0761. The molecule has 2 aromatic carbocycles. The van der Waals surface area contributed by atoms with Crippen LogP contribution in [0.5, 0.6) is 0 Å². The van der Waals surface area contributed by atoms with Gasteiger partial charge in [-0.3, -0.25) is 9.69 Å². The van der Waals surface area contributed by atoms with Crippen molar-refractivity contribution in [3.05, 3.63) is 60.2 Å². The Bertz CT molecular complexity index is 693. The van der Waals surface area contributed by atoms with Crippen LogP contribution in [0.1, 0.15) is 38.2 Å². The maximum atomic E-state index is 12.3. The summed E-state index contributed by atoms with van der Waals surface area (Å²) in [4.78, 5) is 17.1. The summed E-state index contributed by atoms with van der Waals surface area (Å²) in [7, 11) is 0. The predicted octanol–water partition coefficient (Wildman–Crippen LogP) is 4.53. The number of nitrogens with zero attached hydrogens (tertiary/aromatic N) is 2. The predicted molar refractivity (Wildman–Crippen MR) is 113 cm³/mol. The molecule has 4 heteroatoms. The topological polar surface area (TPSA) is 35.6 Å². The van der Waals surface area contributed by atoms with Gasteiger partial charge in [-0.05, 0) is 55.6 Å². The fourth-order valence-corrected chi connectivity index (χ4v) is 3.58. The van der Waals surface area contributed by atoms with Gasteiger partial charge >= 0.3 is 0 Å². The van der Waals surface area contributed by atoms with Crippen molar-refractivity contribution in [2.75, 3.05) is 36.4 Å². The second-order valence-corrected chi connectivity index (χ2v) is 7.25. The summed E-state index contributed by atoms with van der Waals surface area (Å²) in [5.74, 6) is 0.0761. The number of benzene rings is 2. The van der Waals surface area contributed by atoms with Crippen molar-refractivity contribution in [2.24, 2.45) is 0 Å². The zero-order chi connectivity index (χ0) is 18.9. The number of carbonyl (C=O) groups is 1. The van der Waals surface area contributed by atoms with E-state index in [1.807, 2.05) is 18.2 Å². The Hall–Kier alpha value is -2.33. The first kappa shape index (κ1) is 19.4. The minimum atomic E-state index is 0.0761. The molecule has 0 unspecified atom stereocenters. The van der Waals surface area contributed by atoms with Gasteiger partial charge in [-0.1, -0.05) is 37.3 Å². The van der Waals surface area contributed by atoms with E-state index in [4.69, 9.17) is 0 Å². The molecule has 0 spiro atoms. The number of hydrogen-bond donors (Lipinski definition) is 1. The monoisotopic (exact) mass is 365 g/mol. The van der Waals surface area contributed by atoms with Gasteiger partial charge in [0, 0.05) is 44.0 Å². The van der Waals surface area contributed by atoms with Crippen molar-refractivity contribution >= 4 is 17.3 Å². The summed E-state index contributed by atoms with van der Waals surface area (Å²) in [5, 5.41) is 3.03. The van der Waals surface area contributed by atoms with E-state index < -0.39 is 0 Å². The van der Waals surface area contributed by atoms with Gasteiger partial charge in [0.1, 0.15) is 0 Å². The maximum Gasteiger partial charge on any atom is 0.225 e. The Labute approximate surface area is 163 Å². The van der Waals surface area contributed by atoms with Crippen molar-refractivity contribution in [3.63, 3.8) is 0 Å². The van der Waals surface area contributed by atoms with Crippen LogP contribution in [-0.2, 0) is 11.3 Å². The van der Waals surface area contributed by atoms with Crippen molar-refractivity contribution < 1.29 is 4.79 Å². The van der Waals surface area contributed by atoms with Crippen LogP contribution in [0.25, 0.3) is 0 Å². The highest BCUT2D eigenvalue weighted by Crippen LogP contribution is 2.21. The molecule has 1 N–H and O–H groups in total. The minimum Gasteiger partial charge on any atom is -0.372 e. The van der Waals surface area contributed by atoms with E-state index in [2.05, 4.69) is 58.4 Å². The summed E-state index contributed by atoms with van der Waals surface area (Å²) in [5.41, 5.74) is 3.42. The van der Waals surface area contributed by atoms with Crippen LogP contribution in [0.15, 0.2) is 54.6 Å². The summed E-state index contributed by atoms with van der Waals surface area (Å²) >= 11 is 0. The Balaban J connectivity index is 1.45. The van der Waals surface area contributed by atoms with Crippen molar-refractivity contribution in [3.8, 4) is 0 Å². The number of amides is 1. The molecule has 144 valence electrons. The first-order valence-corrected chi connectivity index (χ1v) is 10.2. The van der Waals surface area contributed by atoms with Crippen LogP contribution in [0.3, 0.4) is 0 Å². The molecule has 0 aromatic heterocycles. The zero-order valence-electron chi connectivity index (χ0n) is 16.4. The van der Waals surface area contributed by atoms with Crippen LogP contribution in [0.4, 0.5) is 11.4 Å². The van der Waals surface area contributed by atoms with Gasteiger partial charge in [0.15, 0.2) is 0 Å². The molecule has 0 radical (unpaired) electrons. The highest BCUT2D eigenvalue weighted by atomic mass is 16.1. The number of anilines is 2. The molecule has 1 saturated heterocycles. The molecule has 0 aliphatic carbocycles. The van der Waals surface area contributed by atoms with Gasteiger partial charge < -0.3 is 10.2 Å². The van der Waals surface area contributed by atoms with E-state index in [1.54, 1.807) is 0 Å². The maximum absolute atomic E-state index is 12.3. The molecule has 1 amide bonds. The Morgan fingerprint density at radius 2 is 1.70 bits per heavy atom. The fraction of sp³-hybridized carbons (Fsp3) is 0.435. The average molecular weight is 366 g/mol. The van der Waals surface area contributed by atoms with E-state index in [0.717, 1.165) is 38.4 Å². The SMILES string of the molecule is CCN(CCC(=O)Nc1ccc(N2CCCCC2)cc1)Cc1ccccc1. The first-order valence-electron chi connectivity index (χ1n) is 10.2. The number of nitrogens with one attached hydrogen (secondary N) is 1. The third-order valence-corrected chi connectivity index (χ3v) is 5.22. The molecular weight excluding hydrogens is 334 g/mol. The van der Waals surface area contributed by atoms with Gasteiger partial charge in [-0.15, -0.1) is 0 Å². The standard InChI is InChI=1S/C23H31N3O/c1-2-25(19-20-9-5-3-6-10-20)18-15-23(27)24-21-11-13-22(14-12-21)26-16-7-4-8-17-26/h3,5-6,9-14H,2,4,7-8,15-19H2,1H3,(H,24,27). The van der Waals surface area contributed by atoms with Crippen LogP contribution in [0.2, 0.25) is 0 Å². The van der Waals surface area contributed by atoms with E-state index in [1.165, 1.54) is 30.5 Å². The first-order chi connectivity index (χ1) is 13.2. The quantitative estimate of drug-likeness (QED) is 0.747. The van der Waals surface area contributed by atoms with Gasteiger partial charge in [0.2, 0.25) is 5.91 Å². The molecular formula is C23H31N3O. The lowest BCUT2D eigenvalue weighted by Gasteiger charge is -2.28. The molecule has 1 aliphatic heterocycles.